The number of nitrogens with one attached hydrogen (secondary N) is 1. The van der Waals surface area contributed by atoms with Gasteiger partial charge in [-0.2, -0.15) is 5.26 Å². The fraction of sp³-hybridized carbons (Fsp3) is 0.120. The van der Waals surface area contributed by atoms with Gasteiger partial charge in [0.1, 0.15) is 24.0 Å². The van der Waals surface area contributed by atoms with E-state index in [0.29, 0.717) is 22.4 Å². The Kier molecular flexibility index (Phi) is 7.59. The van der Waals surface area contributed by atoms with Crippen molar-refractivity contribution < 1.29 is 14.5 Å². The lowest BCUT2D eigenvalue weighted by molar-refractivity contribution is -0.384. The van der Waals surface area contributed by atoms with E-state index in [4.69, 9.17) is 4.74 Å². The van der Waals surface area contributed by atoms with Gasteiger partial charge in [0.05, 0.1) is 9.40 Å². The molecule has 0 aromatic heterocycles. The third kappa shape index (κ3) is 6.28. The summed E-state index contributed by atoms with van der Waals surface area (Å²) in [6.45, 7) is 4.52. The molecular formula is C25H20BrN3O4. The van der Waals surface area contributed by atoms with E-state index in [1.54, 1.807) is 18.2 Å². The van der Waals surface area contributed by atoms with Gasteiger partial charge in [0.2, 0.25) is 0 Å². The molecule has 0 bridgehead atoms. The van der Waals surface area contributed by atoms with Crippen LogP contribution >= 0.6 is 15.9 Å². The number of non-ortho nitro benzene ring substituents is 1. The van der Waals surface area contributed by atoms with E-state index in [-0.39, 0.29) is 16.9 Å². The molecule has 0 spiro atoms. The van der Waals surface area contributed by atoms with E-state index < -0.39 is 10.8 Å². The zero-order valence-corrected chi connectivity index (χ0v) is 19.5. The molecule has 1 amide bonds. The van der Waals surface area contributed by atoms with Crippen LogP contribution in [-0.2, 0) is 11.4 Å². The number of nitro groups is 1. The molecule has 33 heavy (non-hydrogen) atoms. The minimum Gasteiger partial charge on any atom is -0.488 e. The van der Waals surface area contributed by atoms with Gasteiger partial charge in [0.15, 0.2) is 0 Å². The highest BCUT2D eigenvalue weighted by Crippen LogP contribution is 2.28. The second kappa shape index (κ2) is 10.6. The van der Waals surface area contributed by atoms with Crippen molar-refractivity contribution in [3.63, 3.8) is 0 Å². The first-order valence-corrected chi connectivity index (χ1v) is 10.7. The molecule has 0 fully saturated rings. The monoisotopic (exact) mass is 505 g/mol. The number of nitriles is 1. The predicted molar refractivity (Wildman–Crippen MR) is 130 cm³/mol. The van der Waals surface area contributed by atoms with Gasteiger partial charge in [0.25, 0.3) is 11.6 Å². The van der Waals surface area contributed by atoms with Crippen molar-refractivity contribution in [1.82, 2.24) is 0 Å². The number of halogens is 1. The molecule has 3 aromatic carbocycles. The highest BCUT2D eigenvalue weighted by molar-refractivity contribution is 9.10. The summed E-state index contributed by atoms with van der Waals surface area (Å²) in [6.07, 6.45) is 1.44. The van der Waals surface area contributed by atoms with Crippen molar-refractivity contribution in [3.8, 4) is 11.8 Å². The lowest BCUT2D eigenvalue weighted by atomic mass is 10.1. The van der Waals surface area contributed by atoms with E-state index in [9.17, 15) is 20.2 Å². The molecule has 0 unspecified atom stereocenters. The lowest BCUT2D eigenvalue weighted by Crippen LogP contribution is -2.13. The highest BCUT2D eigenvalue weighted by Gasteiger charge is 2.13. The number of benzene rings is 3. The van der Waals surface area contributed by atoms with Crippen LogP contribution in [0.1, 0.15) is 22.3 Å². The smallest absolute Gasteiger partial charge is 0.271 e. The molecule has 0 saturated carbocycles. The molecule has 0 atom stereocenters. The Morgan fingerprint density at radius 1 is 1.15 bits per heavy atom. The Labute approximate surface area is 199 Å². The van der Waals surface area contributed by atoms with Crippen molar-refractivity contribution in [2.45, 2.75) is 20.5 Å². The standard InChI is InChI=1S/C25H20BrN3O4/c1-16-6-7-19(10-17(16)2)15-33-24-9-8-18(12-23(24)26)11-20(14-27)25(30)28-21-4-3-5-22(13-21)29(31)32/h3-13H,15H2,1-2H3,(H,28,30)/b20-11+. The van der Waals surface area contributed by atoms with Crippen molar-refractivity contribution in [1.29, 1.82) is 5.26 Å². The number of hydrogen-bond donors (Lipinski definition) is 1. The SMILES string of the molecule is Cc1ccc(COc2ccc(/C=C(\C#N)C(=O)Nc3cccc([N+](=O)[O-])c3)cc2Br)cc1C. The fourth-order valence-electron chi connectivity index (χ4n) is 2.99. The molecule has 7 nitrogen and oxygen atoms in total. The fourth-order valence-corrected chi connectivity index (χ4v) is 3.50. The van der Waals surface area contributed by atoms with Crippen LogP contribution in [0.25, 0.3) is 6.08 Å². The molecule has 1 N–H and O–H groups in total. The molecule has 0 radical (unpaired) electrons. The van der Waals surface area contributed by atoms with E-state index in [0.717, 1.165) is 5.56 Å². The molecule has 166 valence electrons. The van der Waals surface area contributed by atoms with Crippen LogP contribution in [0.5, 0.6) is 5.75 Å². The Morgan fingerprint density at radius 2 is 1.94 bits per heavy atom. The molecule has 0 aliphatic carbocycles. The molecule has 0 saturated heterocycles. The van der Waals surface area contributed by atoms with E-state index in [1.807, 2.05) is 12.1 Å². The summed E-state index contributed by atoms with van der Waals surface area (Å²) in [6, 6.07) is 18.8. The first kappa shape index (κ1) is 23.7. The maximum Gasteiger partial charge on any atom is 0.271 e. The van der Waals surface area contributed by atoms with Crippen LogP contribution in [0.2, 0.25) is 0 Å². The number of nitrogens with zero attached hydrogens (tertiary/aromatic N) is 2. The summed E-state index contributed by atoms with van der Waals surface area (Å²) in [4.78, 5) is 22.8. The number of aryl methyl sites for hydroxylation is 2. The third-order valence-corrected chi connectivity index (χ3v) is 5.53. The number of ether oxygens (including phenoxy) is 1. The van der Waals surface area contributed by atoms with Gasteiger partial charge >= 0.3 is 0 Å². The van der Waals surface area contributed by atoms with Gasteiger partial charge < -0.3 is 10.1 Å². The van der Waals surface area contributed by atoms with Crippen LogP contribution in [0.3, 0.4) is 0 Å². The van der Waals surface area contributed by atoms with Crippen LogP contribution in [0.4, 0.5) is 11.4 Å². The van der Waals surface area contributed by atoms with Crippen molar-refractivity contribution in [2.24, 2.45) is 0 Å². The highest BCUT2D eigenvalue weighted by atomic mass is 79.9. The van der Waals surface area contributed by atoms with Crippen LogP contribution in [0, 0.1) is 35.3 Å². The van der Waals surface area contributed by atoms with E-state index >= 15 is 0 Å². The summed E-state index contributed by atoms with van der Waals surface area (Å²) in [7, 11) is 0. The largest absolute Gasteiger partial charge is 0.488 e. The maximum atomic E-state index is 12.5. The number of hydrogen-bond acceptors (Lipinski definition) is 5. The number of rotatable bonds is 7. The van der Waals surface area contributed by atoms with Gasteiger partial charge in [-0.15, -0.1) is 0 Å². The molecular weight excluding hydrogens is 486 g/mol. The second-order valence-corrected chi connectivity index (χ2v) is 8.18. The summed E-state index contributed by atoms with van der Waals surface area (Å²) in [5.41, 5.74) is 4.02. The molecule has 3 rings (SSSR count). The summed E-state index contributed by atoms with van der Waals surface area (Å²) in [5, 5.41) is 22.8. The molecule has 8 heteroatoms. The first-order chi connectivity index (χ1) is 15.8. The Balaban J connectivity index is 1.71. The molecule has 0 aliphatic heterocycles. The van der Waals surface area contributed by atoms with Crippen molar-refractivity contribution in [2.75, 3.05) is 5.32 Å². The minimum atomic E-state index is -0.663. The normalized spacial score (nSPS) is 10.9. The molecule has 0 aliphatic rings. The Morgan fingerprint density at radius 3 is 2.61 bits per heavy atom. The quantitative estimate of drug-likeness (QED) is 0.181. The Hall–Kier alpha value is -3.96. The van der Waals surface area contributed by atoms with Crippen LogP contribution in [-0.4, -0.2) is 10.8 Å². The lowest BCUT2D eigenvalue weighted by Gasteiger charge is -2.10. The average molecular weight is 506 g/mol. The Bertz CT molecular complexity index is 1300. The van der Waals surface area contributed by atoms with Gasteiger partial charge in [-0.1, -0.05) is 30.3 Å². The van der Waals surface area contributed by atoms with Crippen LogP contribution in [0.15, 0.2) is 70.7 Å². The van der Waals surface area contributed by atoms with Crippen LogP contribution < -0.4 is 10.1 Å². The topological polar surface area (TPSA) is 105 Å². The average Bonchev–Trinajstić information content (AvgIpc) is 2.79. The summed E-state index contributed by atoms with van der Waals surface area (Å²) in [5.74, 6) is -0.0332. The van der Waals surface area contributed by atoms with E-state index in [1.165, 1.54) is 41.5 Å². The number of carbonyl (C=O) groups excluding carboxylic acids is 1. The maximum absolute atomic E-state index is 12.5. The van der Waals surface area contributed by atoms with Crippen molar-refractivity contribution in [3.05, 3.63) is 103 Å². The number of carbonyl (C=O) groups is 1. The third-order valence-electron chi connectivity index (χ3n) is 4.91. The number of anilines is 1. The second-order valence-electron chi connectivity index (χ2n) is 7.33. The number of nitro benzene ring substituents is 1. The summed E-state index contributed by atoms with van der Waals surface area (Å²) < 4.78 is 6.57. The number of amides is 1. The zero-order valence-electron chi connectivity index (χ0n) is 18.0. The van der Waals surface area contributed by atoms with Crippen molar-refractivity contribution >= 4 is 39.3 Å². The van der Waals surface area contributed by atoms with E-state index in [2.05, 4.69) is 47.2 Å². The summed E-state index contributed by atoms with van der Waals surface area (Å²) >= 11 is 3.47. The van der Waals surface area contributed by atoms with Gasteiger partial charge in [-0.25, -0.2) is 0 Å². The van der Waals surface area contributed by atoms with Gasteiger partial charge in [-0.3, -0.25) is 14.9 Å². The van der Waals surface area contributed by atoms with Gasteiger partial charge in [0, 0.05) is 17.8 Å². The minimum absolute atomic E-state index is 0.141. The molecule has 0 heterocycles. The zero-order chi connectivity index (χ0) is 24.0. The van der Waals surface area contributed by atoms with Gasteiger partial charge in [-0.05, 0) is 76.3 Å². The molecule has 3 aromatic rings. The predicted octanol–water partition coefficient (Wildman–Crippen LogP) is 6.10. The first-order valence-electron chi connectivity index (χ1n) is 9.93.